The van der Waals surface area contributed by atoms with Crippen molar-refractivity contribution in [2.75, 3.05) is 11.9 Å². The van der Waals surface area contributed by atoms with E-state index < -0.39 is 17.6 Å². The fourth-order valence-corrected chi connectivity index (χ4v) is 3.73. The van der Waals surface area contributed by atoms with Crippen LogP contribution in [0.3, 0.4) is 0 Å². The van der Waals surface area contributed by atoms with Crippen LogP contribution < -0.4 is 5.32 Å². The van der Waals surface area contributed by atoms with E-state index in [4.69, 9.17) is 17.3 Å². The van der Waals surface area contributed by atoms with Crippen molar-refractivity contribution in [2.45, 2.75) is 0 Å². The van der Waals surface area contributed by atoms with Crippen LogP contribution in [0.1, 0.15) is 15.9 Å². The number of rotatable bonds is 5. The number of carbonyl (C=O) groups excluding carboxylic acids is 2. The lowest BCUT2D eigenvalue weighted by molar-refractivity contribution is -0.126. The number of amides is 2. The Morgan fingerprint density at radius 3 is 2.54 bits per heavy atom. The van der Waals surface area contributed by atoms with Gasteiger partial charge in [0.05, 0.1) is 4.91 Å². The molecule has 1 aliphatic heterocycles. The van der Waals surface area contributed by atoms with Gasteiger partial charge < -0.3 is 15.5 Å². The van der Waals surface area contributed by atoms with Crippen molar-refractivity contribution in [3.05, 3.63) is 64.6 Å². The molecule has 0 aromatic heterocycles. The Balaban J connectivity index is 1.68. The molecule has 0 spiro atoms. The number of carboxylic acid groups (broad SMARTS) is 1. The third kappa shape index (κ3) is 4.38. The highest BCUT2D eigenvalue weighted by Gasteiger charge is 2.33. The Kier molecular flexibility index (Phi) is 5.76. The lowest BCUT2D eigenvalue weighted by Crippen LogP contribution is -2.36. The Morgan fingerprint density at radius 1 is 1.18 bits per heavy atom. The average molecular weight is 414 g/mol. The summed E-state index contributed by atoms with van der Waals surface area (Å²) < 4.78 is 0.270. The number of carbonyl (C=O) groups is 3. The minimum absolute atomic E-state index is 0.206. The summed E-state index contributed by atoms with van der Waals surface area (Å²) in [5, 5.41) is 21.1. The third-order valence-corrected chi connectivity index (χ3v) is 5.16. The molecule has 3 rings (SSSR count). The lowest BCUT2D eigenvalue weighted by atomic mass is 10.2. The van der Waals surface area contributed by atoms with Crippen LogP contribution in [0.25, 0.3) is 6.08 Å². The molecule has 28 heavy (non-hydrogen) atoms. The number of thiocarbonyl (C=S) groups is 1. The smallest absolute Gasteiger partial charge is 0.339 e. The topological polar surface area (TPSA) is 107 Å². The zero-order valence-corrected chi connectivity index (χ0v) is 15.9. The number of phenols is 1. The fraction of sp³-hybridized carbons (Fsp3) is 0.0526. The summed E-state index contributed by atoms with van der Waals surface area (Å²) in [6.45, 7) is -0.293. The zero-order valence-electron chi connectivity index (χ0n) is 14.3. The van der Waals surface area contributed by atoms with Crippen LogP contribution in [0.15, 0.2) is 53.4 Å². The number of hydrogen-bond acceptors (Lipinski definition) is 6. The van der Waals surface area contributed by atoms with Gasteiger partial charge in [-0.3, -0.25) is 14.5 Å². The van der Waals surface area contributed by atoms with E-state index in [1.165, 1.54) is 17.0 Å². The number of nitrogens with one attached hydrogen (secondary N) is 1. The van der Waals surface area contributed by atoms with Gasteiger partial charge in [0.15, 0.2) is 0 Å². The van der Waals surface area contributed by atoms with Gasteiger partial charge in [-0.1, -0.05) is 54.3 Å². The van der Waals surface area contributed by atoms with Crippen LogP contribution in [0.5, 0.6) is 5.75 Å². The molecule has 7 nitrogen and oxygen atoms in total. The molecule has 2 aromatic rings. The number of benzene rings is 2. The Hall–Kier alpha value is -3.17. The third-order valence-electron chi connectivity index (χ3n) is 3.78. The van der Waals surface area contributed by atoms with Gasteiger partial charge in [0.25, 0.3) is 5.91 Å². The van der Waals surface area contributed by atoms with Gasteiger partial charge in [-0.15, -0.1) is 0 Å². The van der Waals surface area contributed by atoms with Crippen molar-refractivity contribution in [1.29, 1.82) is 0 Å². The number of thioether (sulfide) groups is 1. The van der Waals surface area contributed by atoms with Crippen LogP contribution in [0.2, 0.25) is 0 Å². The molecule has 1 fully saturated rings. The van der Waals surface area contributed by atoms with Crippen LogP contribution in [0.4, 0.5) is 5.69 Å². The van der Waals surface area contributed by atoms with E-state index in [0.29, 0.717) is 4.91 Å². The van der Waals surface area contributed by atoms with Crippen LogP contribution in [-0.2, 0) is 9.59 Å². The molecule has 0 aliphatic carbocycles. The van der Waals surface area contributed by atoms with Crippen molar-refractivity contribution in [3.63, 3.8) is 0 Å². The molecule has 9 heteroatoms. The van der Waals surface area contributed by atoms with Gasteiger partial charge in [0.2, 0.25) is 5.91 Å². The summed E-state index contributed by atoms with van der Waals surface area (Å²) in [5.41, 5.74) is 0.778. The Labute approximate surface area is 169 Å². The molecule has 0 bridgehead atoms. The molecule has 2 amide bonds. The lowest BCUT2D eigenvalue weighted by Gasteiger charge is -2.14. The van der Waals surface area contributed by atoms with Crippen LogP contribution in [0, 0.1) is 0 Å². The van der Waals surface area contributed by atoms with E-state index in [9.17, 15) is 19.5 Å². The molecule has 0 saturated carbocycles. The largest absolute Gasteiger partial charge is 0.507 e. The average Bonchev–Trinajstić information content (AvgIpc) is 2.89. The SMILES string of the molecule is O=C(CN1C(=O)/C(=C/c2ccccc2)SC1=S)Nc1ccc(C(=O)O)c(O)c1. The summed E-state index contributed by atoms with van der Waals surface area (Å²) in [5.74, 6) is -2.64. The van der Waals surface area contributed by atoms with Gasteiger partial charge in [0.1, 0.15) is 22.2 Å². The monoisotopic (exact) mass is 414 g/mol. The van der Waals surface area contributed by atoms with Crippen molar-refractivity contribution in [2.24, 2.45) is 0 Å². The number of aromatic hydroxyl groups is 1. The summed E-state index contributed by atoms with van der Waals surface area (Å²) >= 11 is 6.32. The Morgan fingerprint density at radius 2 is 1.89 bits per heavy atom. The first-order valence-electron chi connectivity index (χ1n) is 8.02. The van der Waals surface area contributed by atoms with E-state index in [1.807, 2.05) is 30.3 Å². The highest BCUT2D eigenvalue weighted by molar-refractivity contribution is 8.26. The van der Waals surface area contributed by atoms with Gasteiger partial charge in [0, 0.05) is 11.8 Å². The first-order chi connectivity index (χ1) is 13.3. The second-order valence-corrected chi connectivity index (χ2v) is 7.44. The quantitative estimate of drug-likeness (QED) is 0.510. The standard InChI is InChI=1S/C19H14N2O5S2/c22-14-9-12(6-7-13(14)18(25)26)20-16(23)10-21-17(24)15(28-19(21)27)8-11-4-2-1-3-5-11/h1-9,22H,10H2,(H,20,23)(H,25,26)/b15-8-. The second kappa shape index (κ2) is 8.24. The number of aromatic carboxylic acids is 1. The first-order valence-corrected chi connectivity index (χ1v) is 9.24. The van der Waals surface area contributed by atoms with Crippen molar-refractivity contribution in [3.8, 4) is 5.75 Å². The van der Waals surface area contributed by atoms with E-state index in [2.05, 4.69) is 5.32 Å². The number of nitrogens with zero attached hydrogens (tertiary/aromatic N) is 1. The van der Waals surface area contributed by atoms with E-state index in [0.717, 1.165) is 23.4 Å². The summed E-state index contributed by atoms with van der Waals surface area (Å²) in [7, 11) is 0. The van der Waals surface area contributed by atoms with Crippen molar-refractivity contribution >= 4 is 57.8 Å². The highest BCUT2D eigenvalue weighted by atomic mass is 32.2. The maximum Gasteiger partial charge on any atom is 0.339 e. The van der Waals surface area contributed by atoms with Crippen LogP contribution in [-0.4, -0.2) is 43.8 Å². The predicted molar refractivity (Wildman–Crippen MR) is 110 cm³/mol. The molecular formula is C19H14N2O5S2. The Bertz CT molecular complexity index is 1000. The van der Waals surface area contributed by atoms with Crippen molar-refractivity contribution in [1.82, 2.24) is 4.90 Å². The van der Waals surface area contributed by atoms with Gasteiger partial charge in [-0.25, -0.2) is 4.79 Å². The number of hydrogen-bond donors (Lipinski definition) is 3. The predicted octanol–water partition coefficient (Wildman–Crippen LogP) is 2.93. The van der Waals surface area contributed by atoms with Crippen LogP contribution >= 0.6 is 24.0 Å². The normalized spacial score (nSPS) is 15.1. The van der Waals surface area contributed by atoms with Gasteiger partial charge >= 0.3 is 5.97 Å². The fourth-order valence-electron chi connectivity index (χ4n) is 2.47. The van der Waals surface area contributed by atoms with Gasteiger partial charge in [-0.2, -0.15) is 0 Å². The molecule has 1 saturated heterocycles. The molecule has 2 aromatic carbocycles. The minimum atomic E-state index is -1.28. The van der Waals surface area contributed by atoms with E-state index >= 15 is 0 Å². The second-order valence-electron chi connectivity index (χ2n) is 5.76. The first kappa shape index (κ1) is 19.6. The molecular weight excluding hydrogens is 400 g/mol. The molecule has 1 heterocycles. The summed E-state index contributed by atoms with van der Waals surface area (Å²) in [6.07, 6.45) is 1.71. The number of anilines is 1. The molecule has 0 atom stereocenters. The molecule has 142 valence electrons. The summed E-state index contributed by atoms with van der Waals surface area (Å²) in [6, 6.07) is 12.9. The summed E-state index contributed by atoms with van der Waals surface area (Å²) in [4.78, 5) is 37.3. The molecule has 1 aliphatic rings. The minimum Gasteiger partial charge on any atom is -0.507 e. The van der Waals surface area contributed by atoms with Gasteiger partial charge in [-0.05, 0) is 23.8 Å². The van der Waals surface area contributed by atoms with Crippen molar-refractivity contribution < 1.29 is 24.6 Å². The maximum absolute atomic E-state index is 12.5. The van der Waals surface area contributed by atoms with E-state index in [1.54, 1.807) is 6.08 Å². The maximum atomic E-state index is 12.5. The zero-order chi connectivity index (χ0) is 20.3. The van der Waals surface area contributed by atoms with E-state index in [-0.39, 0.29) is 28.0 Å². The molecule has 0 radical (unpaired) electrons. The highest BCUT2D eigenvalue weighted by Crippen LogP contribution is 2.32. The molecule has 3 N–H and O–H groups in total. The number of carboxylic acids is 1. The molecule has 0 unspecified atom stereocenters.